The Morgan fingerprint density at radius 1 is 1.29 bits per heavy atom. The van der Waals surface area contributed by atoms with Crippen LogP contribution in [0.25, 0.3) is 0 Å². The second kappa shape index (κ2) is 6.01. The maximum atomic E-state index is 12.5. The first-order valence-corrected chi connectivity index (χ1v) is 8.79. The fraction of sp³-hybridized carbons (Fsp3) is 0.737. The number of hydrogen-bond acceptors (Lipinski definition) is 5. The summed E-state index contributed by atoms with van der Waals surface area (Å²) in [5.74, 6) is 1.14. The van der Waals surface area contributed by atoms with Crippen molar-refractivity contribution in [2.45, 2.75) is 52.1 Å². The van der Waals surface area contributed by atoms with E-state index in [1.165, 1.54) is 0 Å². The van der Waals surface area contributed by atoms with E-state index in [2.05, 4.69) is 6.58 Å². The van der Waals surface area contributed by atoms with E-state index in [-0.39, 0.29) is 23.2 Å². The number of rotatable bonds is 6. The van der Waals surface area contributed by atoms with Gasteiger partial charge < -0.3 is 9.47 Å². The Kier molecular flexibility index (Phi) is 4.30. The highest BCUT2D eigenvalue weighted by atomic mass is 16.6. The predicted octanol–water partition coefficient (Wildman–Crippen LogP) is 2.68. The van der Waals surface area contributed by atoms with Crippen LogP contribution in [0.1, 0.15) is 46.5 Å². The Labute approximate surface area is 142 Å². The highest BCUT2D eigenvalue weighted by Crippen LogP contribution is 2.58. The molecule has 0 N–H and O–H groups in total. The largest absolute Gasteiger partial charge is 0.465 e. The van der Waals surface area contributed by atoms with Gasteiger partial charge in [-0.25, -0.2) is 4.79 Å². The molecule has 2 aliphatic carbocycles. The average Bonchev–Trinajstić information content (AvgIpc) is 3.17. The topological polar surface area (TPSA) is 69.7 Å². The van der Waals surface area contributed by atoms with Gasteiger partial charge in [0.15, 0.2) is 11.4 Å². The molecule has 4 unspecified atom stereocenters. The number of Topliss-reactive ketones (excluding diaryl/α,β-unsaturated/α-hetero) is 1. The number of hydrogen-bond donors (Lipinski definition) is 0. The second-order valence-electron chi connectivity index (χ2n) is 8.12. The van der Waals surface area contributed by atoms with Crippen LogP contribution in [0.5, 0.6) is 0 Å². The minimum Gasteiger partial charge on any atom is -0.465 e. The van der Waals surface area contributed by atoms with Crippen molar-refractivity contribution in [3.05, 3.63) is 12.2 Å². The van der Waals surface area contributed by atoms with Crippen LogP contribution >= 0.6 is 0 Å². The van der Waals surface area contributed by atoms with E-state index in [1.54, 1.807) is 20.8 Å². The van der Waals surface area contributed by atoms with Gasteiger partial charge in [-0.2, -0.15) is 0 Å². The van der Waals surface area contributed by atoms with E-state index >= 15 is 0 Å². The van der Waals surface area contributed by atoms with Gasteiger partial charge in [-0.05, 0) is 57.8 Å². The zero-order chi connectivity index (χ0) is 17.6. The molecule has 0 spiro atoms. The SMILES string of the molecule is C=C(C)C(=O)OC(C)(C)C(=O)CC[C@@H]1CC2CC1C1C(=O)OCC21. The summed E-state index contributed by atoms with van der Waals surface area (Å²) in [4.78, 5) is 36.1. The van der Waals surface area contributed by atoms with Crippen LogP contribution in [0.4, 0.5) is 0 Å². The first kappa shape index (κ1) is 17.2. The van der Waals surface area contributed by atoms with Crippen molar-refractivity contribution in [3.63, 3.8) is 0 Å². The minimum atomic E-state index is -1.14. The van der Waals surface area contributed by atoms with E-state index in [0.29, 0.717) is 36.7 Å². The van der Waals surface area contributed by atoms with Crippen molar-refractivity contribution >= 4 is 17.7 Å². The Bertz CT molecular complexity index is 591. The number of fused-ring (bicyclic) bond motifs is 5. The molecule has 0 aromatic rings. The molecule has 0 amide bonds. The Hall–Kier alpha value is -1.65. The number of carbonyl (C=O) groups is 3. The molecule has 5 heteroatoms. The fourth-order valence-electron chi connectivity index (χ4n) is 4.79. The first-order chi connectivity index (χ1) is 11.2. The summed E-state index contributed by atoms with van der Waals surface area (Å²) in [6.07, 6.45) is 3.31. The average molecular weight is 334 g/mol. The van der Waals surface area contributed by atoms with Gasteiger partial charge >= 0.3 is 11.9 Å². The number of esters is 2. The van der Waals surface area contributed by atoms with Crippen LogP contribution in [0.15, 0.2) is 12.2 Å². The summed E-state index contributed by atoms with van der Waals surface area (Å²) in [6.45, 7) is 8.94. The molecule has 5 atom stereocenters. The van der Waals surface area contributed by atoms with Crippen molar-refractivity contribution in [2.75, 3.05) is 6.61 Å². The molecule has 1 heterocycles. The summed E-state index contributed by atoms with van der Waals surface area (Å²) < 4.78 is 10.5. The molecule has 132 valence electrons. The molecule has 1 aliphatic heterocycles. The molecule has 0 aromatic carbocycles. The summed E-state index contributed by atoms with van der Waals surface area (Å²) in [5.41, 5.74) is -0.850. The number of ketones is 1. The van der Waals surface area contributed by atoms with Crippen molar-refractivity contribution in [3.8, 4) is 0 Å². The number of carbonyl (C=O) groups excluding carboxylic acids is 3. The second-order valence-corrected chi connectivity index (χ2v) is 8.12. The van der Waals surface area contributed by atoms with Crippen molar-refractivity contribution in [1.82, 2.24) is 0 Å². The number of ether oxygens (including phenoxy) is 2. The normalized spacial score (nSPS) is 34.0. The number of cyclic esters (lactones) is 1. The van der Waals surface area contributed by atoms with Gasteiger partial charge in [0.05, 0.1) is 12.5 Å². The molecule has 2 saturated carbocycles. The molecule has 24 heavy (non-hydrogen) atoms. The predicted molar refractivity (Wildman–Crippen MR) is 86.9 cm³/mol. The molecular weight excluding hydrogens is 308 g/mol. The van der Waals surface area contributed by atoms with Gasteiger partial charge in [0.25, 0.3) is 0 Å². The zero-order valence-electron chi connectivity index (χ0n) is 14.7. The van der Waals surface area contributed by atoms with Gasteiger partial charge in [0, 0.05) is 17.9 Å². The van der Waals surface area contributed by atoms with Gasteiger partial charge in [0.2, 0.25) is 0 Å². The lowest BCUT2D eigenvalue weighted by molar-refractivity contribution is -0.160. The molecule has 0 aromatic heterocycles. The van der Waals surface area contributed by atoms with Crippen LogP contribution in [0.3, 0.4) is 0 Å². The summed E-state index contributed by atoms with van der Waals surface area (Å²) >= 11 is 0. The monoisotopic (exact) mass is 334 g/mol. The van der Waals surface area contributed by atoms with Crippen LogP contribution < -0.4 is 0 Å². The third kappa shape index (κ3) is 2.89. The quantitative estimate of drug-likeness (QED) is 0.552. The molecule has 3 aliphatic rings. The van der Waals surface area contributed by atoms with E-state index in [4.69, 9.17) is 9.47 Å². The molecular formula is C19H26O5. The zero-order valence-corrected chi connectivity index (χ0v) is 14.7. The smallest absolute Gasteiger partial charge is 0.334 e. The molecule has 2 bridgehead atoms. The Morgan fingerprint density at radius 2 is 2.00 bits per heavy atom. The summed E-state index contributed by atoms with van der Waals surface area (Å²) in [5, 5.41) is 0. The van der Waals surface area contributed by atoms with Gasteiger partial charge in [-0.1, -0.05) is 6.58 Å². The van der Waals surface area contributed by atoms with Crippen LogP contribution in [0.2, 0.25) is 0 Å². The van der Waals surface area contributed by atoms with Crippen molar-refractivity contribution < 1.29 is 23.9 Å². The van der Waals surface area contributed by atoms with Gasteiger partial charge in [-0.3, -0.25) is 9.59 Å². The maximum Gasteiger partial charge on any atom is 0.334 e. The molecule has 0 radical (unpaired) electrons. The lowest BCUT2D eigenvalue weighted by Gasteiger charge is -2.29. The van der Waals surface area contributed by atoms with Gasteiger partial charge in [-0.15, -0.1) is 0 Å². The Morgan fingerprint density at radius 3 is 2.67 bits per heavy atom. The molecule has 3 rings (SSSR count). The lowest BCUT2D eigenvalue weighted by Crippen LogP contribution is -2.38. The van der Waals surface area contributed by atoms with Gasteiger partial charge in [0.1, 0.15) is 0 Å². The lowest BCUT2D eigenvalue weighted by atomic mass is 9.73. The van der Waals surface area contributed by atoms with E-state index in [1.807, 2.05) is 0 Å². The van der Waals surface area contributed by atoms with Crippen LogP contribution in [0, 0.1) is 29.6 Å². The standard InChI is InChI=1S/C19H26O5/c1-10(2)17(21)24-19(3,4)15(20)6-5-11-7-12-8-13(11)16-14(12)9-23-18(16)22/h11-14,16H,1,5-9H2,2-4H3/t11-,12?,13?,14?,16?/m1/s1. The molecule has 5 nitrogen and oxygen atoms in total. The third-order valence-electron chi connectivity index (χ3n) is 6.11. The van der Waals surface area contributed by atoms with E-state index in [0.717, 1.165) is 19.3 Å². The van der Waals surface area contributed by atoms with Crippen LogP contribution in [-0.2, 0) is 23.9 Å². The minimum absolute atomic E-state index is 0.0424. The van der Waals surface area contributed by atoms with E-state index in [9.17, 15) is 14.4 Å². The molecule has 3 fully saturated rings. The Balaban J connectivity index is 1.55. The summed E-state index contributed by atoms with van der Waals surface area (Å²) in [6, 6.07) is 0. The highest BCUT2D eigenvalue weighted by molar-refractivity contribution is 5.93. The first-order valence-electron chi connectivity index (χ1n) is 8.79. The summed E-state index contributed by atoms with van der Waals surface area (Å²) in [7, 11) is 0. The van der Waals surface area contributed by atoms with E-state index < -0.39 is 11.6 Å². The molecule has 1 saturated heterocycles. The maximum absolute atomic E-state index is 12.5. The van der Waals surface area contributed by atoms with Crippen LogP contribution in [-0.4, -0.2) is 29.9 Å². The highest BCUT2D eigenvalue weighted by Gasteiger charge is 2.58. The third-order valence-corrected chi connectivity index (χ3v) is 6.11. The fourth-order valence-corrected chi connectivity index (χ4v) is 4.79. The van der Waals surface area contributed by atoms with Crippen molar-refractivity contribution in [2.24, 2.45) is 29.6 Å². The van der Waals surface area contributed by atoms with Crippen molar-refractivity contribution in [1.29, 1.82) is 0 Å².